The Hall–Kier alpha value is -0.690. The summed E-state index contributed by atoms with van der Waals surface area (Å²) in [5.41, 5.74) is -0.858. The van der Waals surface area contributed by atoms with E-state index in [1.807, 2.05) is 18.7 Å². The van der Waals surface area contributed by atoms with Gasteiger partial charge in [0, 0.05) is 11.8 Å². The maximum atomic E-state index is 11.7. The molecular weight excluding hydrogens is 208 g/mol. The van der Waals surface area contributed by atoms with Gasteiger partial charge >= 0.3 is 0 Å². The average molecular weight is 226 g/mol. The van der Waals surface area contributed by atoms with E-state index in [0.717, 1.165) is 0 Å². The zero-order valence-corrected chi connectivity index (χ0v) is 10.2. The minimum Gasteiger partial charge on any atom is -0.354 e. The largest absolute Gasteiger partial charge is 0.354 e. The molecule has 15 heavy (non-hydrogen) atoms. The summed E-state index contributed by atoms with van der Waals surface area (Å²) in [6.07, 6.45) is 2.99. The van der Waals surface area contributed by atoms with Gasteiger partial charge in [0.1, 0.15) is 5.41 Å². The summed E-state index contributed by atoms with van der Waals surface area (Å²) in [6, 6.07) is 2.08. The lowest BCUT2D eigenvalue weighted by atomic mass is 9.88. The minimum atomic E-state index is -0.858. The van der Waals surface area contributed by atoms with Crippen LogP contribution < -0.4 is 5.32 Å². The van der Waals surface area contributed by atoms with E-state index < -0.39 is 5.41 Å². The highest BCUT2D eigenvalue weighted by atomic mass is 32.2. The molecule has 2 unspecified atom stereocenters. The van der Waals surface area contributed by atoms with Crippen LogP contribution in [0, 0.1) is 16.7 Å². The molecule has 4 heteroatoms. The number of carbonyl (C=O) groups is 1. The Bertz CT molecular complexity index is 268. The molecule has 1 fully saturated rings. The van der Waals surface area contributed by atoms with E-state index in [1.54, 1.807) is 6.92 Å². The van der Waals surface area contributed by atoms with Crippen LogP contribution in [-0.4, -0.2) is 23.5 Å². The van der Waals surface area contributed by atoms with Gasteiger partial charge in [-0.05, 0) is 31.9 Å². The molecule has 1 rings (SSSR count). The lowest BCUT2D eigenvalue weighted by Crippen LogP contribution is -2.40. The van der Waals surface area contributed by atoms with Crippen LogP contribution in [0.5, 0.6) is 0 Å². The van der Waals surface area contributed by atoms with Gasteiger partial charge in [0.05, 0.1) is 6.07 Å². The molecule has 1 aliphatic heterocycles. The van der Waals surface area contributed by atoms with Crippen molar-refractivity contribution >= 4 is 17.7 Å². The number of amides is 1. The van der Waals surface area contributed by atoms with Crippen molar-refractivity contribution in [2.24, 2.45) is 5.41 Å². The van der Waals surface area contributed by atoms with Gasteiger partial charge in [-0.3, -0.25) is 4.79 Å². The van der Waals surface area contributed by atoms with Crippen LogP contribution >= 0.6 is 11.8 Å². The standard InChI is InChI=1S/C11H18N2OS/c1-3-11(2,8-12)10(14)13-7-9-5-4-6-15-9/h9H,3-7H2,1-2H3,(H,13,14). The molecule has 0 aromatic carbocycles. The molecule has 1 N–H and O–H groups in total. The molecule has 84 valence electrons. The van der Waals surface area contributed by atoms with E-state index in [2.05, 4.69) is 11.4 Å². The van der Waals surface area contributed by atoms with Gasteiger partial charge in [0.2, 0.25) is 5.91 Å². The first-order valence-electron chi connectivity index (χ1n) is 5.43. The van der Waals surface area contributed by atoms with E-state index >= 15 is 0 Å². The third kappa shape index (κ3) is 3.13. The summed E-state index contributed by atoms with van der Waals surface area (Å²) in [7, 11) is 0. The molecule has 0 aromatic heterocycles. The summed E-state index contributed by atoms with van der Waals surface area (Å²) in [5.74, 6) is 1.07. The molecular formula is C11H18N2OS. The lowest BCUT2D eigenvalue weighted by molar-refractivity contribution is -0.127. The number of nitriles is 1. The van der Waals surface area contributed by atoms with Crippen molar-refractivity contribution < 1.29 is 4.79 Å². The van der Waals surface area contributed by atoms with Crippen molar-refractivity contribution in [3.63, 3.8) is 0 Å². The van der Waals surface area contributed by atoms with Crippen molar-refractivity contribution in [2.45, 2.75) is 38.4 Å². The molecule has 0 spiro atoms. The van der Waals surface area contributed by atoms with Crippen molar-refractivity contribution in [1.29, 1.82) is 5.26 Å². The highest BCUT2D eigenvalue weighted by molar-refractivity contribution is 8.00. The van der Waals surface area contributed by atoms with Crippen molar-refractivity contribution in [2.75, 3.05) is 12.3 Å². The highest BCUT2D eigenvalue weighted by Gasteiger charge is 2.31. The van der Waals surface area contributed by atoms with Gasteiger partial charge in [0.15, 0.2) is 0 Å². The van der Waals surface area contributed by atoms with E-state index in [0.29, 0.717) is 18.2 Å². The van der Waals surface area contributed by atoms with Crippen LogP contribution in [0.4, 0.5) is 0 Å². The zero-order chi connectivity index (χ0) is 11.3. The number of hydrogen-bond acceptors (Lipinski definition) is 3. The monoisotopic (exact) mass is 226 g/mol. The van der Waals surface area contributed by atoms with Gasteiger partial charge in [-0.15, -0.1) is 0 Å². The second kappa shape index (κ2) is 5.41. The average Bonchev–Trinajstić information content (AvgIpc) is 2.77. The first-order valence-corrected chi connectivity index (χ1v) is 6.48. The van der Waals surface area contributed by atoms with Crippen molar-refractivity contribution in [3.8, 4) is 6.07 Å². The summed E-state index contributed by atoms with van der Waals surface area (Å²) < 4.78 is 0. The fourth-order valence-electron chi connectivity index (χ4n) is 1.50. The number of carbonyl (C=O) groups excluding carboxylic acids is 1. The topological polar surface area (TPSA) is 52.9 Å². The van der Waals surface area contributed by atoms with Gasteiger partial charge < -0.3 is 5.32 Å². The Morgan fingerprint density at radius 1 is 1.73 bits per heavy atom. The Balaban J connectivity index is 2.38. The third-order valence-corrected chi connectivity index (χ3v) is 4.37. The Labute approximate surface area is 95.6 Å². The molecule has 2 atom stereocenters. The van der Waals surface area contributed by atoms with Gasteiger partial charge in [-0.2, -0.15) is 17.0 Å². The molecule has 0 saturated carbocycles. The van der Waals surface area contributed by atoms with E-state index in [4.69, 9.17) is 5.26 Å². The number of thioether (sulfide) groups is 1. The van der Waals surface area contributed by atoms with Crippen LogP contribution in [-0.2, 0) is 4.79 Å². The van der Waals surface area contributed by atoms with Crippen molar-refractivity contribution in [1.82, 2.24) is 5.32 Å². The molecule has 1 amide bonds. The van der Waals surface area contributed by atoms with Crippen LogP contribution in [0.3, 0.4) is 0 Å². The Morgan fingerprint density at radius 2 is 2.47 bits per heavy atom. The predicted molar refractivity (Wildman–Crippen MR) is 62.5 cm³/mol. The summed E-state index contributed by atoms with van der Waals surface area (Å²) in [6.45, 7) is 4.28. The van der Waals surface area contributed by atoms with E-state index in [-0.39, 0.29) is 5.91 Å². The Morgan fingerprint density at radius 3 is 2.93 bits per heavy atom. The smallest absolute Gasteiger partial charge is 0.240 e. The minimum absolute atomic E-state index is 0.125. The molecule has 1 heterocycles. The first-order chi connectivity index (χ1) is 7.12. The molecule has 0 aromatic rings. The Kier molecular flexibility index (Phi) is 4.46. The molecule has 0 bridgehead atoms. The van der Waals surface area contributed by atoms with Crippen LogP contribution in [0.1, 0.15) is 33.1 Å². The second-order valence-corrected chi connectivity index (χ2v) is 5.55. The maximum Gasteiger partial charge on any atom is 0.240 e. The van der Waals surface area contributed by atoms with Crippen molar-refractivity contribution in [3.05, 3.63) is 0 Å². The fourth-order valence-corrected chi connectivity index (χ4v) is 2.70. The first kappa shape index (κ1) is 12.4. The second-order valence-electron chi connectivity index (χ2n) is 4.14. The fraction of sp³-hybridized carbons (Fsp3) is 0.818. The molecule has 1 aliphatic rings. The lowest BCUT2D eigenvalue weighted by Gasteiger charge is -2.19. The van der Waals surface area contributed by atoms with Gasteiger partial charge in [-0.1, -0.05) is 6.92 Å². The molecule has 3 nitrogen and oxygen atoms in total. The summed E-state index contributed by atoms with van der Waals surface area (Å²) in [4.78, 5) is 11.7. The molecule has 0 aliphatic carbocycles. The van der Waals surface area contributed by atoms with Crippen LogP contribution in [0.25, 0.3) is 0 Å². The highest BCUT2D eigenvalue weighted by Crippen LogP contribution is 2.26. The predicted octanol–water partition coefficient (Wildman–Crippen LogP) is 1.94. The number of hydrogen-bond donors (Lipinski definition) is 1. The normalized spacial score (nSPS) is 24.2. The number of nitrogens with zero attached hydrogens (tertiary/aromatic N) is 1. The molecule has 0 radical (unpaired) electrons. The summed E-state index contributed by atoms with van der Waals surface area (Å²) in [5, 5.41) is 12.4. The zero-order valence-electron chi connectivity index (χ0n) is 9.38. The number of rotatable bonds is 4. The van der Waals surface area contributed by atoms with Gasteiger partial charge in [0.25, 0.3) is 0 Å². The third-order valence-electron chi connectivity index (χ3n) is 2.97. The SMILES string of the molecule is CCC(C)(C#N)C(=O)NCC1CCCS1. The molecule has 1 saturated heterocycles. The maximum absolute atomic E-state index is 11.7. The summed E-state index contributed by atoms with van der Waals surface area (Å²) >= 11 is 1.91. The quantitative estimate of drug-likeness (QED) is 0.797. The van der Waals surface area contributed by atoms with E-state index in [9.17, 15) is 4.79 Å². The van der Waals surface area contributed by atoms with E-state index in [1.165, 1.54) is 18.6 Å². The van der Waals surface area contributed by atoms with Crippen LogP contribution in [0.15, 0.2) is 0 Å². The van der Waals surface area contributed by atoms with Gasteiger partial charge in [-0.25, -0.2) is 0 Å². The number of nitrogens with one attached hydrogen (secondary N) is 1. The van der Waals surface area contributed by atoms with Crippen LogP contribution in [0.2, 0.25) is 0 Å².